The third kappa shape index (κ3) is 4.67. The minimum absolute atomic E-state index is 0.134. The van der Waals surface area contributed by atoms with Gasteiger partial charge in [0.1, 0.15) is 28.7 Å². The predicted octanol–water partition coefficient (Wildman–Crippen LogP) is 3.07. The van der Waals surface area contributed by atoms with Crippen molar-refractivity contribution in [2.45, 2.75) is 36.2 Å². The molecular formula is C22H22FN3O4S. The van der Waals surface area contributed by atoms with Gasteiger partial charge in [-0.2, -0.15) is 4.72 Å². The highest BCUT2D eigenvalue weighted by molar-refractivity contribution is 7.89. The summed E-state index contributed by atoms with van der Waals surface area (Å²) < 4.78 is 47.4. The molecule has 0 bridgehead atoms. The Morgan fingerprint density at radius 1 is 1.16 bits per heavy atom. The SMILES string of the molecule is O=C(C(Cc1ccccc1)NS(=O)(=O)c1ccccc1F)N1CCC[C@H]1c1ccon1. The van der Waals surface area contributed by atoms with Crippen LogP contribution < -0.4 is 4.72 Å². The van der Waals surface area contributed by atoms with E-state index in [9.17, 15) is 17.6 Å². The zero-order valence-corrected chi connectivity index (χ0v) is 17.5. The quantitative estimate of drug-likeness (QED) is 0.606. The van der Waals surface area contributed by atoms with Crippen LogP contribution in [-0.4, -0.2) is 37.0 Å². The number of carbonyl (C=O) groups is 1. The predicted molar refractivity (Wildman–Crippen MR) is 111 cm³/mol. The Morgan fingerprint density at radius 3 is 2.61 bits per heavy atom. The number of sulfonamides is 1. The van der Waals surface area contributed by atoms with Gasteiger partial charge >= 0.3 is 0 Å². The van der Waals surface area contributed by atoms with Gasteiger partial charge in [-0.05, 0) is 37.0 Å². The fraction of sp³-hybridized carbons (Fsp3) is 0.273. The molecule has 2 heterocycles. The molecule has 4 rings (SSSR count). The van der Waals surface area contributed by atoms with Crippen LogP contribution in [0.4, 0.5) is 4.39 Å². The highest BCUT2D eigenvalue weighted by Crippen LogP contribution is 2.32. The Morgan fingerprint density at radius 2 is 1.90 bits per heavy atom. The average Bonchev–Trinajstić information content (AvgIpc) is 3.45. The van der Waals surface area contributed by atoms with Gasteiger partial charge in [-0.15, -0.1) is 0 Å². The normalized spacial score (nSPS) is 17.6. The smallest absolute Gasteiger partial charge is 0.244 e. The van der Waals surface area contributed by atoms with E-state index in [1.54, 1.807) is 11.0 Å². The van der Waals surface area contributed by atoms with Crippen LogP contribution >= 0.6 is 0 Å². The standard InChI is InChI=1S/C22H22FN3O4S/c23-17-9-4-5-11-21(17)31(28,29)25-19(15-16-7-2-1-3-8-16)22(27)26-13-6-10-20(26)18-12-14-30-24-18/h1-5,7-9,11-12,14,19-20,25H,6,10,13,15H2/t19?,20-/m0/s1. The molecule has 31 heavy (non-hydrogen) atoms. The maximum Gasteiger partial charge on any atom is 0.244 e. The summed E-state index contributed by atoms with van der Waals surface area (Å²) in [6.45, 7) is 0.475. The van der Waals surface area contributed by atoms with E-state index in [-0.39, 0.29) is 18.4 Å². The summed E-state index contributed by atoms with van der Waals surface area (Å²) in [5, 5.41) is 3.95. The summed E-state index contributed by atoms with van der Waals surface area (Å²) >= 11 is 0. The van der Waals surface area contributed by atoms with Crippen molar-refractivity contribution >= 4 is 15.9 Å². The first kappa shape index (κ1) is 21.2. The van der Waals surface area contributed by atoms with E-state index in [1.807, 2.05) is 30.3 Å². The van der Waals surface area contributed by atoms with Gasteiger partial charge in [0.2, 0.25) is 15.9 Å². The second-order valence-corrected chi connectivity index (χ2v) is 9.09. The Balaban J connectivity index is 1.64. The molecular weight excluding hydrogens is 421 g/mol. The van der Waals surface area contributed by atoms with Crippen molar-refractivity contribution in [3.8, 4) is 0 Å². The molecule has 1 fully saturated rings. The van der Waals surface area contributed by atoms with Crippen LogP contribution in [0.2, 0.25) is 0 Å². The van der Waals surface area contributed by atoms with Gasteiger partial charge in [-0.3, -0.25) is 4.79 Å². The Hall–Kier alpha value is -3.04. The van der Waals surface area contributed by atoms with Crippen molar-refractivity contribution in [3.05, 3.63) is 84.0 Å². The molecule has 1 amide bonds. The molecule has 2 atom stereocenters. The molecule has 1 saturated heterocycles. The molecule has 1 aliphatic heterocycles. The van der Waals surface area contributed by atoms with E-state index >= 15 is 0 Å². The molecule has 0 spiro atoms. The van der Waals surface area contributed by atoms with Crippen LogP contribution in [0.3, 0.4) is 0 Å². The lowest BCUT2D eigenvalue weighted by atomic mass is 10.0. The summed E-state index contributed by atoms with van der Waals surface area (Å²) in [5.74, 6) is -1.25. The number of likely N-dealkylation sites (tertiary alicyclic amines) is 1. The second kappa shape index (κ2) is 8.99. The lowest BCUT2D eigenvalue weighted by molar-refractivity contribution is -0.134. The molecule has 1 N–H and O–H groups in total. The van der Waals surface area contributed by atoms with Crippen molar-refractivity contribution in [1.82, 2.24) is 14.8 Å². The van der Waals surface area contributed by atoms with E-state index in [0.29, 0.717) is 18.7 Å². The number of hydrogen-bond donors (Lipinski definition) is 1. The van der Waals surface area contributed by atoms with Crippen LogP contribution in [-0.2, 0) is 21.2 Å². The fourth-order valence-electron chi connectivity index (χ4n) is 3.87. The summed E-state index contributed by atoms with van der Waals surface area (Å²) in [7, 11) is -4.26. The molecule has 0 saturated carbocycles. The van der Waals surface area contributed by atoms with E-state index in [2.05, 4.69) is 9.88 Å². The van der Waals surface area contributed by atoms with E-state index in [4.69, 9.17) is 4.52 Å². The Labute approximate surface area is 179 Å². The molecule has 7 nitrogen and oxygen atoms in total. The molecule has 0 radical (unpaired) electrons. The first-order valence-electron chi connectivity index (χ1n) is 9.97. The summed E-state index contributed by atoms with van der Waals surface area (Å²) in [6.07, 6.45) is 3.05. The molecule has 3 aromatic rings. The van der Waals surface area contributed by atoms with E-state index < -0.39 is 26.8 Å². The van der Waals surface area contributed by atoms with E-state index in [1.165, 1.54) is 24.5 Å². The van der Waals surface area contributed by atoms with Gasteiger partial charge in [0.25, 0.3) is 0 Å². The number of nitrogens with one attached hydrogen (secondary N) is 1. The third-order valence-corrected chi connectivity index (χ3v) is 6.84. The molecule has 162 valence electrons. The van der Waals surface area contributed by atoms with Crippen molar-refractivity contribution in [2.75, 3.05) is 6.54 Å². The van der Waals surface area contributed by atoms with Crippen molar-refractivity contribution in [1.29, 1.82) is 0 Å². The topological polar surface area (TPSA) is 92.5 Å². The van der Waals surface area contributed by atoms with Gasteiger partial charge in [0.05, 0.1) is 6.04 Å². The van der Waals surface area contributed by atoms with Crippen LogP contribution in [0.25, 0.3) is 0 Å². The first-order chi connectivity index (χ1) is 15.0. The number of nitrogens with zero attached hydrogens (tertiary/aromatic N) is 2. The number of amides is 1. The molecule has 2 aromatic carbocycles. The van der Waals surface area contributed by atoms with Gasteiger partial charge in [0, 0.05) is 12.6 Å². The molecule has 9 heteroatoms. The maximum absolute atomic E-state index is 14.2. The summed E-state index contributed by atoms with van der Waals surface area (Å²) in [5.41, 5.74) is 1.41. The minimum Gasteiger partial charge on any atom is -0.364 e. The maximum atomic E-state index is 14.2. The third-order valence-electron chi connectivity index (χ3n) is 5.34. The lowest BCUT2D eigenvalue weighted by Gasteiger charge is -2.28. The zero-order chi connectivity index (χ0) is 21.8. The van der Waals surface area contributed by atoms with Gasteiger partial charge < -0.3 is 9.42 Å². The minimum atomic E-state index is -4.26. The number of halogens is 1. The van der Waals surface area contributed by atoms with Crippen LogP contribution in [0, 0.1) is 5.82 Å². The summed E-state index contributed by atoms with van der Waals surface area (Å²) in [6, 6.07) is 14.5. The first-order valence-corrected chi connectivity index (χ1v) is 11.5. The highest BCUT2D eigenvalue weighted by atomic mass is 32.2. The van der Waals surface area contributed by atoms with Crippen LogP contribution in [0.15, 0.2) is 76.3 Å². The molecule has 1 aromatic heterocycles. The van der Waals surface area contributed by atoms with Gasteiger partial charge in [-0.25, -0.2) is 12.8 Å². The number of benzene rings is 2. The Bertz CT molecular complexity index is 1140. The number of aromatic nitrogens is 1. The largest absolute Gasteiger partial charge is 0.364 e. The van der Waals surface area contributed by atoms with Gasteiger partial charge in [-0.1, -0.05) is 47.6 Å². The highest BCUT2D eigenvalue weighted by Gasteiger charge is 2.37. The number of hydrogen-bond acceptors (Lipinski definition) is 5. The van der Waals surface area contributed by atoms with E-state index in [0.717, 1.165) is 18.1 Å². The van der Waals surface area contributed by atoms with Crippen LogP contribution in [0.5, 0.6) is 0 Å². The van der Waals surface area contributed by atoms with Crippen molar-refractivity contribution < 1.29 is 22.1 Å². The Kier molecular flexibility index (Phi) is 6.15. The number of rotatable bonds is 7. The fourth-order valence-corrected chi connectivity index (χ4v) is 5.14. The second-order valence-electron chi connectivity index (χ2n) is 7.41. The van der Waals surface area contributed by atoms with Crippen LogP contribution in [0.1, 0.15) is 30.1 Å². The molecule has 0 aliphatic carbocycles. The zero-order valence-electron chi connectivity index (χ0n) is 16.6. The van der Waals surface area contributed by atoms with Gasteiger partial charge in [0.15, 0.2) is 0 Å². The molecule has 1 unspecified atom stereocenters. The van der Waals surface area contributed by atoms with Crippen molar-refractivity contribution in [2.24, 2.45) is 0 Å². The monoisotopic (exact) mass is 443 g/mol. The summed E-state index contributed by atoms with van der Waals surface area (Å²) in [4.78, 5) is 14.6. The molecule has 1 aliphatic rings. The number of carbonyl (C=O) groups excluding carboxylic acids is 1. The average molecular weight is 444 g/mol. The lowest BCUT2D eigenvalue weighted by Crippen LogP contribution is -2.49. The van der Waals surface area contributed by atoms with Crippen molar-refractivity contribution in [3.63, 3.8) is 0 Å².